The molecule has 1 aromatic rings. The minimum absolute atomic E-state index is 0.295. The number of aryl methyl sites for hydroxylation is 1. The van der Waals surface area contributed by atoms with E-state index in [0.29, 0.717) is 18.5 Å². The Morgan fingerprint density at radius 3 is 2.64 bits per heavy atom. The van der Waals surface area contributed by atoms with E-state index in [-0.39, 0.29) is 0 Å². The predicted molar refractivity (Wildman–Crippen MR) is 91.9 cm³/mol. The van der Waals surface area contributed by atoms with Crippen molar-refractivity contribution >= 4 is 5.91 Å². The zero-order chi connectivity index (χ0) is 15.9. The molecule has 0 saturated carbocycles. The molecular formula is C19H30N2O. The minimum Gasteiger partial charge on any atom is -0.342 e. The van der Waals surface area contributed by atoms with E-state index in [0.717, 1.165) is 38.9 Å². The van der Waals surface area contributed by atoms with Gasteiger partial charge in [0.2, 0.25) is 5.91 Å². The number of hydrogen-bond acceptors (Lipinski definition) is 2. The van der Waals surface area contributed by atoms with Gasteiger partial charge in [-0.05, 0) is 44.7 Å². The quantitative estimate of drug-likeness (QED) is 0.765. The molecule has 22 heavy (non-hydrogen) atoms. The molecule has 1 aliphatic rings. The highest BCUT2D eigenvalue weighted by molar-refractivity contribution is 5.78. The summed E-state index contributed by atoms with van der Waals surface area (Å²) in [7, 11) is 0. The summed E-state index contributed by atoms with van der Waals surface area (Å²) >= 11 is 0. The number of rotatable bonds is 7. The number of carbonyl (C=O) groups excluding carboxylic acids is 1. The van der Waals surface area contributed by atoms with Crippen LogP contribution in [0.15, 0.2) is 24.3 Å². The van der Waals surface area contributed by atoms with Crippen LogP contribution in [0.4, 0.5) is 0 Å². The molecule has 3 heteroatoms. The Balaban J connectivity index is 2.02. The van der Waals surface area contributed by atoms with Crippen LogP contribution in [0.1, 0.15) is 56.7 Å². The van der Waals surface area contributed by atoms with Crippen LogP contribution in [0.2, 0.25) is 0 Å². The predicted octanol–water partition coefficient (Wildman–Crippen LogP) is 3.78. The van der Waals surface area contributed by atoms with Gasteiger partial charge in [-0.1, -0.05) is 43.7 Å². The van der Waals surface area contributed by atoms with Crippen molar-refractivity contribution in [2.45, 2.75) is 52.5 Å². The molecule has 3 nitrogen and oxygen atoms in total. The van der Waals surface area contributed by atoms with Crippen molar-refractivity contribution in [3.63, 3.8) is 0 Å². The minimum atomic E-state index is 0.295. The van der Waals surface area contributed by atoms with Crippen LogP contribution in [-0.2, 0) is 4.79 Å². The van der Waals surface area contributed by atoms with Crippen LogP contribution in [0.25, 0.3) is 0 Å². The Bertz CT molecular complexity index is 480. The fraction of sp³-hybridized carbons (Fsp3) is 0.632. The molecule has 1 aromatic carbocycles. The molecule has 2 rings (SSSR count). The SMILES string of the molecule is CCCN(CCC)C(=O)CN1CCCC1c1cccc(C)c1. The van der Waals surface area contributed by atoms with Gasteiger partial charge in [-0.15, -0.1) is 0 Å². The van der Waals surface area contributed by atoms with Gasteiger partial charge in [-0.25, -0.2) is 0 Å². The second kappa shape index (κ2) is 8.33. The number of carbonyl (C=O) groups is 1. The van der Waals surface area contributed by atoms with Gasteiger partial charge in [-0.3, -0.25) is 9.69 Å². The van der Waals surface area contributed by atoms with E-state index in [1.807, 2.05) is 4.90 Å². The molecule has 0 N–H and O–H groups in total. The van der Waals surface area contributed by atoms with E-state index < -0.39 is 0 Å². The molecule has 1 unspecified atom stereocenters. The first-order chi connectivity index (χ1) is 10.7. The molecule has 122 valence electrons. The third kappa shape index (κ3) is 4.33. The van der Waals surface area contributed by atoms with Crippen molar-refractivity contribution in [3.8, 4) is 0 Å². The highest BCUT2D eigenvalue weighted by Crippen LogP contribution is 2.32. The van der Waals surface area contributed by atoms with E-state index in [1.54, 1.807) is 0 Å². The average Bonchev–Trinajstić information content (AvgIpc) is 2.95. The standard InChI is InChI=1S/C19H30N2O/c1-4-11-20(12-5-2)19(22)15-21-13-7-10-18(21)17-9-6-8-16(3)14-17/h6,8-9,14,18H,4-5,7,10-13,15H2,1-3H3. The van der Waals surface area contributed by atoms with Crippen LogP contribution in [0.5, 0.6) is 0 Å². The monoisotopic (exact) mass is 302 g/mol. The van der Waals surface area contributed by atoms with Crippen LogP contribution in [0.3, 0.4) is 0 Å². The molecule has 1 heterocycles. The van der Waals surface area contributed by atoms with Crippen molar-refractivity contribution in [1.29, 1.82) is 0 Å². The summed E-state index contributed by atoms with van der Waals surface area (Å²) in [5, 5.41) is 0. The maximum absolute atomic E-state index is 12.6. The highest BCUT2D eigenvalue weighted by Gasteiger charge is 2.28. The summed E-state index contributed by atoms with van der Waals surface area (Å²) in [6.07, 6.45) is 4.42. The molecule has 1 atom stereocenters. The van der Waals surface area contributed by atoms with Crippen LogP contribution in [-0.4, -0.2) is 41.9 Å². The van der Waals surface area contributed by atoms with Gasteiger partial charge in [0.15, 0.2) is 0 Å². The second-order valence-corrected chi connectivity index (χ2v) is 6.42. The maximum Gasteiger partial charge on any atom is 0.236 e. The average molecular weight is 302 g/mol. The zero-order valence-corrected chi connectivity index (χ0v) is 14.3. The first kappa shape index (κ1) is 17.0. The molecule has 1 aliphatic heterocycles. The lowest BCUT2D eigenvalue weighted by molar-refractivity contribution is -0.132. The van der Waals surface area contributed by atoms with Crippen LogP contribution >= 0.6 is 0 Å². The van der Waals surface area contributed by atoms with Gasteiger partial charge in [0.05, 0.1) is 6.54 Å². The Morgan fingerprint density at radius 1 is 1.27 bits per heavy atom. The fourth-order valence-corrected chi connectivity index (χ4v) is 3.45. The molecule has 0 aliphatic carbocycles. The van der Waals surface area contributed by atoms with Crippen molar-refractivity contribution in [2.75, 3.05) is 26.2 Å². The fourth-order valence-electron chi connectivity index (χ4n) is 3.45. The topological polar surface area (TPSA) is 23.6 Å². The van der Waals surface area contributed by atoms with Crippen molar-refractivity contribution in [2.24, 2.45) is 0 Å². The van der Waals surface area contributed by atoms with Crippen LogP contribution < -0.4 is 0 Å². The van der Waals surface area contributed by atoms with Crippen molar-refractivity contribution in [3.05, 3.63) is 35.4 Å². The van der Waals surface area contributed by atoms with Crippen molar-refractivity contribution in [1.82, 2.24) is 9.80 Å². The highest BCUT2D eigenvalue weighted by atomic mass is 16.2. The maximum atomic E-state index is 12.6. The molecule has 0 aromatic heterocycles. The lowest BCUT2D eigenvalue weighted by Crippen LogP contribution is -2.41. The Hall–Kier alpha value is -1.35. The van der Waals surface area contributed by atoms with Crippen LogP contribution in [0, 0.1) is 6.92 Å². The molecular weight excluding hydrogens is 272 g/mol. The lowest BCUT2D eigenvalue weighted by atomic mass is 10.0. The Morgan fingerprint density at radius 2 is 2.00 bits per heavy atom. The summed E-state index contributed by atoms with van der Waals surface area (Å²) < 4.78 is 0. The third-order valence-corrected chi connectivity index (χ3v) is 4.47. The zero-order valence-electron chi connectivity index (χ0n) is 14.3. The normalized spacial score (nSPS) is 18.6. The number of hydrogen-bond donors (Lipinski definition) is 0. The van der Waals surface area contributed by atoms with E-state index in [4.69, 9.17) is 0 Å². The van der Waals surface area contributed by atoms with E-state index in [9.17, 15) is 4.79 Å². The van der Waals surface area contributed by atoms with Gasteiger partial charge in [0, 0.05) is 19.1 Å². The summed E-state index contributed by atoms with van der Waals surface area (Å²) in [6.45, 7) is 9.79. The summed E-state index contributed by atoms with van der Waals surface area (Å²) in [5.41, 5.74) is 2.66. The van der Waals surface area contributed by atoms with Gasteiger partial charge in [-0.2, -0.15) is 0 Å². The molecule has 1 amide bonds. The molecule has 1 fully saturated rings. The van der Waals surface area contributed by atoms with Gasteiger partial charge in [0.1, 0.15) is 0 Å². The molecule has 0 bridgehead atoms. The van der Waals surface area contributed by atoms with Crippen molar-refractivity contribution < 1.29 is 4.79 Å². The first-order valence-electron chi connectivity index (χ1n) is 8.74. The molecule has 0 radical (unpaired) electrons. The third-order valence-electron chi connectivity index (χ3n) is 4.47. The Labute approximate surface area is 135 Å². The number of amides is 1. The molecule has 0 spiro atoms. The summed E-state index contributed by atoms with van der Waals surface area (Å²) in [4.78, 5) is 17.0. The first-order valence-corrected chi connectivity index (χ1v) is 8.74. The number of likely N-dealkylation sites (tertiary alicyclic amines) is 1. The van der Waals surface area contributed by atoms with Gasteiger partial charge < -0.3 is 4.90 Å². The van der Waals surface area contributed by atoms with Gasteiger partial charge in [0.25, 0.3) is 0 Å². The largest absolute Gasteiger partial charge is 0.342 e. The second-order valence-electron chi connectivity index (χ2n) is 6.42. The Kier molecular flexibility index (Phi) is 6.44. The smallest absolute Gasteiger partial charge is 0.236 e. The number of nitrogens with zero attached hydrogens (tertiary/aromatic N) is 2. The number of benzene rings is 1. The van der Waals surface area contributed by atoms with E-state index in [2.05, 4.69) is 49.9 Å². The van der Waals surface area contributed by atoms with E-state index >= 15 is 0 Å². The van der Waals surface area contributed by atoms with Gasteiger partial charge >= 0.3 is 0 Å². The molecule has 1 saturated heterocycles. The van der Waals surface area contributed by atoms with E-state index in [1.165, 1.54) is 17.5 Å². The summed E-state index contributed by atoms with van der Waals surface area (Å²) in [6, 6.07) is 9.15. The lowest BCUT2D eigenvalue weighted by Gasteiger charge is -2.28. The summed E-state index contributed by atoms with van der Waals surface area (Å²) in [5.74, 6) is 0.295.